The van der Waals surface area contributed by atoms with Crippen molar-refractivity contribution in [2.75, 3.05) is 11.9 Å². The minimum atomic E-state index is -0.299. The second kappa shape index (κ2) is 5.80. The molecule has 1 fully saturated rings. The smallest absolute Gasteiger partial charge is 0.145 e. The van der Waals surface area contributed by atoms with Crippen LogP contribution in [0.1, 0.15) is 37.7 Å². The van der Waals surface area contributed by atoms with E-state index in [0.29, 0.717) is 24.8 Å². The quantitative estimate of drug-likeness (QED) is 0.847. The van der Waals surface area contributed by atoms with E-state index in [-0.39, 0.29) is 5.82 Å². The van der Waals surface area contributed by atoms with E-state index in [1.54, 1.807) is 6.07 Å². The molecule has 0 aliphatic heterocycles. The minimum Gasteiger partial charge on any atom is -0.492 e. The van der Waals surface area contributed by atoms with Crippen LogP contribution >= 0.6 is 0 Å². The molecule has 0 saturated heterocycles. The molecule has 0 bridgehead atoms. The molecule has 3 rings (SSSR count). The summed E-state index contributed by atoms with van der Waals surface area (Å²) in [6.45, 7) is 5.18. The minimum absolute atomic E-state index is 0.299. The molecule has 1 heterocycles. The second-order valence-corrected chi connectivity index (χ2v) is 5.55. The summed E-state index contributed by atoms with van der Waals surface area (Å²) in [6, 6.07) is 8.55. The van der Waals surface area contributed by atoms with Gasteiger partial charge in [0.1, 0.15) is 23.1 Å². The first-order valence-corrected chi connectivity index (χ1v) is 7.42. The van der Waals surface area contributed by atoms with Crippen molar-refractivity contribution in [1.82, 2.24) is 0 Å². The van der Waals surface area contributed by atoms with Crippen LogP contribution in [0.25, 0.3) is 0 Å². The zero-order chi connectivity index (χ0) is 14.8. The lowest BCUT2D eigenvalue weighted by Crippen LogP contribution is -2.02. The number of ether oxygens (including phenoxy) is 1. The van der Waals surface area contributed by atoms with E-state index in [1.807, 2.05) is 13.0 Å². The summed E-state index contributed by atoms with van der Waals surface area (Å²) in [4.78, 5) is 0. The average molecular weight is 289 g/mol. The van der Waals surface area contributed by atoms with E-state index in [4.69, 9.17) is 9.15 Å². The summed E-state index contributed by atoms with van der Waals surface area (Å²) in [5, 5.41) is 3.24. The van der Waals surface area contributed by atoms with Gasteiger partial charge in [0.2, 0.25) is 0 Å². The first kappa shape index (κ1) is 14.0. The van der Waals surface area contributed by atoms with Crippen LogP contribution in [0, 0.1) is 11.7 Å². The van der Waals surface area contributed by atoms with Crippen LogP contribution in [-0.2, 0) is 6.54 Å². The molecular weight excluding hydrogens is 269 g/mol. The first-order valence-electron chi connectivity index (χ1n) is 7.42. The molecule has 1 aromatic carbocycles. The number of anilines is 1. The number of rotatable bonds is 6. The predicted octanol–water partition coefficient (Wildman–Crippen LogP) is 4.55. The summed E-state index contributed by atoms with van der Waals surface area (Å²) in [5.41, 5.74) is 0.774. The number of nitrogens with one attached hydrogen (secondary N) is 1. The van der Waals surface area contributed by atoms with E-state index < -0.39 is 0 Å². The van der Waals surface area contributed by atoms with Gasteiger partial charge in [-0.3, -0.25) is 0 Å². The fourth-order valence-electron chi connectivity index (χ4n) is 2.51. The lowest BCUT2D eigenvalue weighted by Gasteiger charge is -2.11. The Labute approximate surface area is 124 Å². The van der Waals surface area contributed by atoms with Crippen molar-refractivity contribution >= 4 is 5.69 Å². The van der Waals surface area contributed by atoms with Crippen molar-refractivity contribution in [3.63, 3.8) is 0 Å². The van der Waals surface area contributed by atoms with E-state index >= 15 is 0 Å². The molecule has 2 aromatic rings. The Bertz CT molecular complexity index is 623. The van der Waals surface area contributed by atoms with E-state index in [1.165, 1.54) is 18.6 Å². The molecule has 1 N–H and O–H groups in total. The van der Waals surface area contributed by atoms with E-state index in [0.717, 1.165) is 23.1 Å². The molecule has 2 unspecified atom stereocenters. The Morgan fingerprint density at radius 1 is 1.33 bits per heavy atom. The van der Waals surface area contributed by atoms with Gasteiger partial charge in [-0.05, 0) is 43.5 Å². The average Bonchev–Trinajstić information content (AvgIpc) is 3.00. The third-order valence-corrected chi connectivity index (χ3v) is 3.85. The van der Waals surface area contributed by atoms with Crippen molar-refractivity contribution in [2.45, 2.75) is 32.7 Å². The van der Waals surface area contributed by atoms with Crippen molar-refractivity contribution in [3.8, 4) is 5.75 Å². The summed E-state index contributed by atoms with van der Waals surface area (Å²) in [5.74, 6) is 3.51. The molecule has 3 nitrogen and oxygen atoms in total. The molecule has 1 aliphatic rings. The highest BCUT2D eigenvalue weighted by atomic mass is 19.1. The summed E-state index contributed by atoms with van der Waals surface area (Å²) in [7, 11) is 0. The van der Waals surface area contributed by atoms with Gasteiger partial charge in [-0.25, -0.2) is 4.39 Å². The van der Waals surface area contributed by atoms with Gasteiger partial charge < -0.3 is 14.5 Å². The van der Waals surface area contributed by atoms with Gasteiger partial charge in [0.15, 0.2) is 0 Å². The molecule has 0 amide bonds. The van der Waals surface area contributed by atoms with Crippen LogP contribution in [0.5, 0.6) is 5.75 Å². The van der Waals surface area contributed by atoms with Crippen molar-refractivity contribution in [3.05, 3.63) is 47.7 Å². The Hall–Kier alpha value is -1.97. The molecular formula is C17H20FNO2. The fraction of sp³-hybridized carbons (Fsp3) is 0.412. The maximum absolute atomic E-state index is 13.2. The number of halogens is 1. The molecule has 0 spiro atoms. The van der Waals surface area contributed by atoms with E-state index in [2.05, 4.69) is 18.3 Å². The van der Waals surface area contributed by atoms with Crippen LogP contribution in [-0.4, -0.2) is 6.61 Å². The number of benzene rings is 1. The molecule has 1 saturated carbocycles. The number of furan rings is 1. The Kier molecular flexibility index (Phi) is 3.86. The maximum Gasteiger partial charge on any atom is 0.145 e. The van der Waals surface area contributed by atoms with Crippen LogP contribution in [0.2, 0.25) is 0 Å². The lowest BCUT2D eigenvalue weighted by molar-refractivity contribution is 0.339. The normalized spacial score (nSPS) is 20.3. The topological polar surface area (TPSA) is 34.4 Å². The van der Waals surface area contributed by atoms with Gasteiger partial charge in [-0.15, -0.1) is 0 Å². The van der Waals surface area contributed by atoms with Gasteiger partial charge in [0.25, 0.3) is 0 Å². The number of hydrogen-bond acceptors (Lipinski definition) is 3. The fourth-order valence-corrected chi connectivity index (χ4v) is 2.51. The summed E-state index contributed by atoms with van der Waals surface area (Å²) in [6.07, 6.45) is 1.22. The highest BCUT2D eigenvalue weighted by Gasteiger charge is 2.36. The largest absolute Gasteiger partial charge is 0.492 e. The lowest BCUT2D eigenvalue weighted by atomic mass is 10.2. The molecule has 112 valence electrons. The zero-order valence-electron chi connectivity index (χ0n) is 12.4. The van der Waals surface area contributed by atoms with Gasteiger partial charge in [0.05, 0.1) is 18.8 Å². The highest BCUT2D eigenvalue weighted by Crippen LogP contribution is 2.47. The third kappa shape index (κ3) is 3.20. The van der Waals surface area contributed by atoms with E-state index in [9.17, 15) is 4.39 Å². The van der Waals surface area contributed by atoms with Gasteiger partial charge in [-0.1, -0.05) is 6.92 Å². The van der Waals surface area contributed by atoms with Crippen LogP contribution in [0.3, 0.4) is 0 Å². The van der Waals surface area contributed by atoms with Crippen LogP contribution in [0.15, 0.2) is 34.7 Å². The van der Waals surface area contributed by atoms with Crippen LogP contribution in [0.4, 0.5) is 10.1 Å². The molecule has 0 radical (unpaired) electrons. The van der Waals surface area contributed by atoms with Crippen LogP contribution < -0.4 is 10.1 Å². The summed E-state index contributed by atoms with van der Waals surface area (Å²) >= 11 is 0. The highest BCUT2D eigenvalue weighted by molar-refractivity contribution is 5.56. The standard InChI is InChI=1S/C17H20FNO2/c1-3-20-17-9-12(18)4-6-15(17)19-10-13-5-7-16(21-13)14-8-11(14)2/h4-7,9,11,14,19H,3,8,10H2,1-2H3. The monoisotopic (exact) mass is 289 g/mol. The van der Waals surface area contributed by atoms with Gasteiger partial charge >= 0.3 is 0 Å². The predicted molar refractivity (Wildman–Crippen MR) is 80.1 cm³/mol. The first-order chi connectivity index (χ1) is 10.2. The van der Waals surface area contributed by atoms with Crippen molar-refractivity contribution in [2.24, 2.45) is 5.92 Å². The molecule has 1 aromatic heterocycles. The van der Waals surface area contributed by atoms with Crippen molar-refractivity contribution in [1.29, 1.82) is 0 Å². The van der Waals surface area contributed by atoms with Crippen molar-refractivity contribution < 1.29 is 13.5 Å². The molecule has 1 aliphatic carbocycles. The SMILES string of the molecule is CCOc1cc(F)ccc1NCc1ccc(C2CC2C)o1. The van der Waals surface area contributed by atoms with Gasteiger partial charge in [0, 0.05) is 12.0 Å². The molecule has 21 heavy (non-hydrogen) atoms. The molecule has 2 atom stereocenters. The van der Waals surface area contributed by atoms with Gasteiger partial charge in [-0.2, -0.15) is 0 Å². The molecule has 4 heteroatoms. The second-order valence-electron chi connectivity index (χ2n) is 5.55. The Morgan fingerprint density at radius 3 is 2.86 bits per heavy atom. The zero-order valence-corrected chi connectivity index (χ0v) is 12.4. The summed E-state index contributed by atoms with van der Waals surface area (Å²) < 4.78 is 24.5. The maximum atomic E-state index is 13.2. The number of hydrogen-bond donors (Lipinski definition) is 1. The Morgan fingerprint density at radius 2 is 2.14 bits per heavy atom. The third-order valence-electron chi connectivity index (χ3n) is 3.85. The Balaban J connectivity index is 1.65.